The van der Waals surface area contributed by atoms with Crippen molar-refractivity contribution in [3.63, 3.8) is 0 Å². The number of carbonyl (C=O) groups excluding carboxylic acids is 4. The average molecular weight is 574 g/mol. The summed E-state index contributed by atoms with van der Waals surface area (Å²) in [5, 5.41) is 8.20. The first kappa shape index (κ1) is 32.9. The second-order valence-electron chi connectivity index (χ2n) is 10.4. The Morgan fingerprint density at radius 3 is 2.33 bits per heavy atom. The van der Waals surface area contributed by atoms with Crippen LogP contribution in [-0.2, 0) is 30.3 Å². The summed E-state index contributed by atoms with van der Waals surface area (Å²) in [6, 6.07) is 9.15. The maximum Gasteiger partial charge on any atom is 0.308 e. The molecule has 1 aromatic carbocycles. The smallest absolute Gasteiger partial charge is 0.308 e. The van der Waals surface area contributed by atoms with Crippen LogP contribution in [0, 0.1) is 11.8 Å². The van der Waals surface area contributed by atoms with Gasteiger partial charge in [0.05, 0.1) is 13.0 Å². The minimum Gasteiger partial charge on any atom is -0.469 e. The average Bonchev–Trinajstić information content (AvgIpc) is 3.41. The molecule has 9 nitrogen and oxygen atoms in total. The van der Waals surface area contributed by atoms with Crippen LogP contribution in [0.4, 0.5) is 0 Å². The number of aromatic nitrogens is 1. The standard InChI is InChI=1S/C30H43N3O6S/c1-7-8-14-27(35)32-24(19(2)3)17-26(39-21(5)34)29-33-25(18-40-29)28(36)31-23(15-20(4)30(37)38-6)16-22-12-10-9-11-13-22/h9-13,18-20,23-24,26H,7-8,14-17H2,1-6H3,(H,31,36)(H,32,35). The van der Waals surface area contributed by atoms with Crippen LogP contribution in [0.1, 0.15) is 93.9 Å². The molecule has 10 heteroatoms. The zero-order chi connectivity index (χ0) is 29.7. The van der Waals surface area contributed by atoms with Crippen molar-refractivity contribution in [2.24, 2.45) is 11.8 Å². The van der Waals surface area contributed by atoms with Crippen LogP contribution in [0.3, 0.4) is 0 Å². The molecule has 0 bridgehead atoms. The Bertz CT molecular complexity index is 1100. The highest BCUT2D eigenvalue weighted by atomic mass is 32.1. The maximum atomic E-state index is 13.3. The number of carbonyl (C=O) groups is 4. The molecular weight excluding hydrogens is 530 g/mol. The van der Waals surface area contributed by atoms with Gasteiger partial charge >= 0.3 is 11.9 Å². The molecule has 2 aromatic rings. The number of unbranched alkanes of at least 4 members (excludes halogenated alkanes) is 1. The fourth-order valence-electron chi connectivity index (χ4n) is 4.36. The fourth-order valence-corrected chi connectivity index (χ4v) is 5.20. The van der Waals surface area contributed by atoms with Crippen molar-refractivity contribution in [2.45, 2.75) is 91.3 Å². The summed E-state index contributed by atoms with van der Waals surface area (Å²) < 4.78 is 10.5. The van der Waals surface area contributed by atoms with Crippen LogP contribution in [0.15, 0.2) is 35.7 Å². The third kappa shape index (κ3) is 11.1. The Hall–Kier alpha value is -3.27. The number of amides is 2. The molecule has 2 N–H and O–H groups in total. The van der Waals surface area contributed by atoms with Gasteiger partial charge < -0.3 is 20.1 Å². The van der Waals surface area contributed by atoms with E-state index in [9.17, 15) is 19.2 Å². The number of esters is 2. The van der Waals surface area contributed by atoms with Gasteiger partial charge in [-0.1, -0.05) is 64.4 Å². The number of ether oxygens (including phenoxy) is 2. The normalized spacial score (nSPS) is 14.1. The number of hydrogen-bond acceptors (Lipinski definition) is 8. The quantitative estimate of drug-likeness (QED) is 0.271. The molecule has 40 heavy (non-hydrogen) atoms. The SMILES string of the molecule is CCCCC(=O)NC(CC(OC(C)=O)c1nc(C(=O)NC(Cc2ccccc2)CC(C)C(=O)OC)cs1)C(C)C. The molecule has 2 amide bonds. The monoisotopic (exact) mass is 573 g/mol. The van der Waals surface area contributed by atoms with E-state index in [1.54, 1.807) is 12.3 Å². The molecular formula is C30H43N3O6S. The van der Waals surface area contributed by atoms with Crippen molar-refractivity contribution in [1.82, 2.24) is 15.6 Å². The highest BCUT2D eigenvalue weighted by Crippen LogP contribution is 2.29. The van der Waals surface area contributed by atoms with Crippen molar-refractivity contribution < 1.29 is 28.7 Å². The highest BCUT2D eigenvalue weighted by Gasteiger charge is 2.28. The van der Waals surface area contributed by atoms with Crippen LogP contribution in [0.5, 0.6) is 0 Å². The number of thiazole rings is 1. The van der Waals surface area contributed by atoms with E-state index in [1.165, 1.54) is 25.4 Å². The lowest BCUT2D eigenvalue weighted by Gasteiger charge is -2.26. The summed E-state index contributed by atoms with van der Waals surface area (Å²) in [5.41, 5.74) is 1.23. The molecule has 1 aromatic heterocycles. The van der Waals surface area contributed by atoms with E-state index in [2.05, 4.69) is 15.6 Å². The number of rotatable bonds is 16. The second kappa shape index (κ2) is 16.7. The van der Waals surface area contributed by atoms with Crippen LogP contribution in [0.25, 0.3) is 0 Å². The maximum absolute atomic E-state index is 13.3. The van der Waals surface area contributed by atoms with Gasteiger partial charge in [0.25, 0.3) is 5.91 Å². The van der Waals surface area contributed by atoms with E-state index in [-0.39, 0.29) is 41.5 Å². The molecule has 4 unspecified atom stereocenters. The number of benzene rings is 1. The van der Waals surface area contributed by atoms with Crippen LogP contribution in [0.2, 0.25) is 0 Å². The molecule has 0 saturated carbocycles. The highest BCUT2D eigenvalue weighted by molar-refractivity contribution is 7.09. The molecule has 0 aliphatic rings. The largest absolute Gasteiger partial charge is 0.469 e. The van der Waals surface area contributed by atoms with E-state index in [0.29, 0.717) is 30.7 Å². The van der Waals surface area contributed by atoms with Crippen molar-refractivity contribution in [3.05, 3.63) is 52.0 Å². The van der Waals surface area contributed by atoms with Crippen LogP contribution >= 0.6 is 11.3 Å². The van der Waals surface area contributed by atoms with E-state index in [0.717, 1.165) is 18.4 Å². The number of hydrogen-bond donors (Lipinski definition) is 2. The van der Waals surface area contributed by atoms with Crippen molar-refractivity contribution in [2.75, 3.05) is 7.11 Å². The van der Waals surface area contributed by atoms with E-state index >= 15 is 0 Å². The molecule has 0 aliphatic carbocycles. The van der Waals surface area contributed by atoms with Gasteiger partial charge in [-0.2, -0.15) is 0 Å². The Morgan fingerprint density at radius 1 is 1.02 bits per heavy atom. The van der Waals surface area contributed by atoms with Crippen molar-refractivity contribution in [3.8, 4) is 0 Å². The minimum absolute atomic E-state index is 0.0352. The molecule has 1 heterocycles. The Balaban J connectivity index is 2.20. The lowest BCUT2D eigenvalue weighted by molar-refractivity contribution is -0.147. The van der Waals surface area contributed by atoms with Crippen molar-refractivity contribution in [1.29, 1.82) is 0 Å². The van der Waals surface area contributed by atoms with Gasteiger partial charge in [0.15, 0.2) is 6.10 Å². The molecule has 0 spiro atoms. The van der Waals surface area contributed by atoms with Crippen molar-refractivity contribution >= 4 is 35.1 Å². The molecule has 0 radical (unpaired) electrons. The second-order valence-corrected chi connectivity index (χ2v) is 11.3. The van der Waals surface area contributed by atoms with E-state index in [1.807, 2.05) is 51.1 Å². The van der Waals surface area contributed by atoms with E-state index in [4.69, 9.17) is 9.47 Å². The summed E-state index contributed by atoms with van der Waals surface area (Å²) in [7, 11) is 1.35. The topological polar surface area (TPSA) is 124 Å². The number of nitrogens with one attached hydrogen (secondary N) is 2. The first-order valence-corrected chi connectivity index (χ1v) is 14.8. The zero-order valence-electron chi connectivity index (χ0n) is 24.4. The predicted octanol–water partition coefficient (Wildman–Crippen LogP) is 5.01. The van der Waals surface area contributed by atoms with Crippen LogP contribution in [-0.4, -0.2) is 47.9 Å². The zero-order valence-corrected chi connectivity index (χ0v) is 25.2. The Kier molecular flexibility index (Phi) is 13.8. The van der Waals surface area contributed by atoms with Crippen LogP contribution < -0.4 is 10.6 Å². The van der Waals surface area contributed by atoms with Gasteiger partial charge in [0, 0.05) is 37.2 Å². The summed E-state index contributed by atoms with van der Waals surface area (Å²) in [6.07, 6.45) is 2.74. The van der Waals surface area contributed by atoms with Gasteiger partial charge in [-0.05, 0) is 30.7 Å². The molecule has 0 fully saturated rings. The summed E-state index contributed by atoms with van der Waals surface area (Å²) in [6.45, 7) is 9.13. The predicted molar refractivity (Wildman–Crippen MR) is 155 cm³/mol. The molecule has 2 rings (SSSR count). The Morgan fingerprint density at radius 2 is 1.73 bits per heavy atom. The third-order valence-corrected chi connectivity index (χ3v) is 7.55. The summed E-state index contributed by atoms with van der Waals surface area (Å²) in [4.78, 5) is 54.2. The third-order valence-electron chi connectivity index (χ3n) is 6.62. The van der Waals surface area contributed by atoms with Gasteiger partial charge in [0.2, 0.25) is 5.91 Å². The molecule has 0 aliphatic heterocycles. The Labute approximate surface area is 241 Å². The van der Waals surface area contributed by atoms with Gasteiger partial charge in [-0.3, -0.25) is 19.2 Å². The summed E-state index contributed by atoms with van der Waals surface area (Å²) >= 11 is 1.23. The lowest BCUT2D eigenvalue weighted by atomic mass is 9.96. The van der Waals surface area contributed by atoms with Gasteiger partial charge in [-0.25, -0.2) is 4.98 Å². The number of nitrogens with zero attached hydrogens (tertiary/aromatic N) is 1. The molecule has 0 saturated heterocycles. The molecule has 220 valence electrons. The lowest BCUT2D eigenvalue weighted by Crippen LogP contribution is -2.40. The minimum atomic E-state index is -0.706. The van der Waals surface area contributed by atoms with Gasteiger partial charge in [0.1, 0.15) is 10.7 Å². The first-order valence-electron chi connectivity index (χ1n) is 13.9. The first-order chi connectivity index (χ1) is 19.0. The summed E-state index contributed by atoms with van der Waals surface area (Å²) in [5.74, 6) is -1.53. The number of methoxy groups -OCH3 is 1. The molecule has 4 atom stereocenters. The van der Waals surface area contributed by atoms with Gasteiger partial charge in [-0.15, -0.1) is 11.3 Å². The van der Waals surface area contributed by atoms with E-state index < -0.39 is 18.0 Å². The fraction of sp³-hybridized carbons (Fsp3) is 0.567.